The van der Waals surface area contributed by atoms with E-state index < -0.39 is 0 Å². The van der Waals surface area contributed by atoms with E-state index in [2.05, 4.69) is 10.1 Å². The lowest BCUT2D eigenvalue weighted by atomic mass is 9.95. The molecule has 8 nitrogen and oxygen atoms in total. The lowest BCUT2D eigenvalue weighted by Gasteiger charge is -2.34. The van der Waals surface area contributed by atoms with Crippen molar-refractivity contribution >= 4 is 11.8 Å². The Labute approximate surface area is 182 Å². The molecular formula is C23H30N4O4. The van der Waals surface area contributed by atoms with Gasteiger partial charge in [-0.3, -0.25) is 9.59 Å². The molecule has 0 N–H and O–H groups in total. The molecule has 1 atom stereocenters. The lowest BCUT2D eigenvalue weighted by molar-refractivity contribution is -0.128. The summed E-state index contributed by atoms with van der Waals surface area (Å²) in [4.78, 5) is 33.4. The summed E-state index contributed by atoms with van der Waals surface area (Å²) in [6, 6.07) is 3.84. The number of hydrogen-bond acceptors (Lipinski definition) is 6. The average molecular weight is 427 g/mol. The minimum absolute atomic E-state index is 0.00563. The second kappa shape index (κ2) is 9.08. The van der Waals surface area contributed by atoms with E-state index in [0.717, 1.165) is 31.5 Å². The van der Waals surface area contributed by atoms with Crippen LogP contribution in [0.4, 0.5) is 0 Å². The van der Waals surface area contributed by atoms with Crippen LogP contribution in [0.15, 0.2) is 22.9 Å². The second-order valence-corrected chi connectivity index (χ2v) is 8.79. The molecule has 2 amide bonds. The van der Waals surface area contributed by atoms with E-state index in [1.165, 1.54) is 0 Å². The van der Waals surface area contributed by atoms with Crippen molar-refractivity contribution in [2.24, 2.45) is 11.8 Å². The molecule has 0 bridgehead atoms. The van der Waals surface area contributed by atoms with Gasteiger partial charge in [0.2, 0.25) is 11.8 Å². The van der Waals surface area contributed by atoms with Gasteiger partial charge in [0.25, 0.3) is 5.91 Å². The van der Waals surface area contributed by atoms with Gasteiger partial charge < -0.3 is 19.1 Å². The maximum atomic E-state index is 12.8. The van der Waals surface area contributed by atoms with Crippen LogP contribution >= 0.6 is 0 Å². The molecule has 31 heavy (non-hydrogen) atoms. The molecule has 4 heterocycles. The number of amides is 2. The standard InChI is InChI=1S/C23H30N4O4/c1-15-4-7-24-20(10-15)30-14-19-11-21(28)27(13-19)12-18-5-8-26(9-6-18)23(29)22-16(2)25-31-17(22)3/h4,7,10,18-19H,5-6,8-9,11-14H2,1-3H3. The number of likely N-dealkylation sites (tertiary alicyclic amines) is 2. The molecule has 166 valence electrons. The van der Waals surface area contributed by atoms with Crippen molar-refractivity contribution in [1.82, 2.24) is 19.9 Å². The predicted octanol–water partition coefficient (Wildman–Crippen LogP) is 2.77. The quantitative estimate of drug-likeness (QED) is 0.706. The number of rotatable bonds is 6. The highest BCUT2D eigenvalue weighted by Gasteiger charge is 2.33. The number of hydrogen-bond donors (Lipinski definition) is 0. The largest absolute Gasteiger partial charge is 0.477 e. The Balaban J connectivity index is 1.24. The van der Waals surface area contributed by atoms with Gasteiger partial charge >= 0.3 is 0 Å². The van der Waals surface area contributed by atoms with Crippen molar-refractivity contribution in [1.29, 1.82) is 0 Å². The molecule has 0 aromatic carbocycles. The number of aryl methyl sites for hydroxylation is 3. The van der Waals surface area contributed by atoms with Gasteiger partial charge in [-0.15, -0.1) is 0 Å². The summed E-state index contributed by atoms with van der Waals surface area (Å²) in [6.07, 6.45) is 4.05. The van der Waals surface area contributed by atoms with E-state index >= 15 is 0 Å². The second-order valence-electron chi connectivity index (χ2n) is 8.79. The fourth-order valence-corrected chi connectivity index (χ4v) is 4.51. The van der Waals surface area contributed by atoms with Crippen molar-refractivity contribution in [3.63, 3.8) is 0 Å². The average Bonchev–Trinajstić information content (AvgIpc) is 3.27. The molecule has 0 saturated carbocycles. The molecule has 2 aromatic rings. The van der Waals surface area contributed by atoms with E-state index in [0.29, 0.717) is 54.9 Å². The Bertz CT molecular complexity index is 929. The lowest BCUT2D eigenvalue weighted by Crippen LogP contribution is -2.42. The first kappa shape index (κ1) is 21.3. The van der Waals surface area contributed by atoms with Crippen LogP contribution in [0.25, 0.3) is 0 Å². The molecular weight excluding hydrogens is 396 g/mol. The predicted molar refractivity (Wildman–Crippen MR) is 114 cm³/mol. The Morgan fingerprint density at radius 2 is 2.00 bits per heavy atom. The topological polar surface area (TPSA) is 88.8 Å². The maximum absolute atomic E-state index is 12.8. The summed E-state index contributed by atoms with van der Waals surface area (Å²) in [5.74, 6) is 1.98. The fraction of sp³-hybridized carbons (Fsp3) is 0.565. The Morgan fingerprint density at radius 3 is 2.68 bits per heavy atom. The molecule has 0 spiro atoms. The molecule has 2 aliphatic heterocycles. The minimum Gasteiger partial charge on any atom is -0.477 e. The third-order valence-corrected chi connectivity index (χ3v) is 6.28. The van der Waals surface area contributed by atoms with E-state index in [4.69, 9.17) is 9.26 Å². The van der Waals surface area contributed by atoms with Gasteiger partial charge in [-0.05, 0) is 51.2 Å². The highest BCUT2D eigenvalue weighted by molar-refractivity contribution is 5.96. The zero-order valence-corrected chi connectivity index (χ0v) is 18.5. The third-order valence-electron chi connectivity index (χ3n) is 6.28. The molecule has 2 saturated heterocycles. The van der Waals surface area contributed by atoms with Crippen molar-refractivity contribution in [2.45, 2.75) is 40.0 Å². The highest BCUT2D eigenvalue weighted by atomic mass is 16.5. The van der Waals surface area contributed by atoms with Gasteiger partial charge in [0.15, 0.2) is 0 Å². The Hall–Kier alpha value is -2.90. The number of ether oxygens (including phenoxy) is 1. The molecule has 1 unspecified atom stereocenters. The van der Waals surface area contributed by atoms with Gasteiger partial charge in [0.05, 0.1) is 12.3 Å². The van der Waals surface area contributed by atoms with Crippen LogP contribution in [0, 0.1) is 32.6 Å². The van der Waals surface area contributed by atoms with Crippen LogP contribution in [-0.4, -0.2) is 64.5 Å². The van der Waals surface area contributed by atoms with Crippen LogP contribution in [0.5, 0.6) is 5.88 Å². The first-order valence-electron chi connectivity index (χ1n) is 11.0. The van der Waals surface area contributed by atoms with Crippen molar-refractivity contribution in [2.75, 3.05) is 32.8 Å². The molecule has 2 aromatic heterocycles. The van der Waals surface area contributed by atoms with Crippen LogP contribution in [0.2, 0.25) is 0 Å². The smallest absolute Gasteiger partial charge is 0.259 e. The number of carbonyl (C=O) groups excluding carboxylic acids is 2. The number of piperidine rings is 1. The summed E-state index contributed by atoms with van der Waals surface area (Å²) < 4.78 is 10.9. The zero-order chi connectivity index (χ0) is 22.0. The summed E-state index contributed by atoms with van der Waals surface area (Å²) in [6.45, 7) is 8.95. The Morgan fingerprint density at radius 1 is 1.23 bits per heavy atom. The Kier molecular flexibility index (Phi) is 6.25. The van der Waals surface area contributed by atoms with Crippen LogP contribution in [0.1, 0.15) is 46.6 Å². The van der Waals surface area contributed by atoms with Gasteiger partial charge in [-0.1, -0.05) is 5.16 Å². The molecule has 2 aliphatic rings. The SMILES string of the molecule is Cc1ccnc(OCC2CC(=O)N(CC3CCN(C(=O)c4c(C)noc4C)CC3)C2)c1. The molecule has 0 radical (unpaired) electrons. The third kappa shape index (κ3) is 4.89. The van der Waals surface area contributed by atoms with Crippen molar-refractivity contribution in [3.05, 3.63) is 40.9 Å². The zero-order valence-electron chi connectivity index (χ0n) is 18.5. The summed E-state index contributed by atoms with van der Waals surface area (Å²) in [5, 5.41) is 3.89. The summed E-state index contributed by atoms with van der Waals surface area (Å²) >= 11 is 0. The van der Waals surface area contributed by atoms with E-state index in [9.17, 15) is 9.59 Å². The highest BCUT2D eigenvalue weighted by Crippen LogP contribution is 2.26. The van der Waals surface area contributed by atoms with Crippen molar-refractivity contribution < 1.29 is 18.8 Å². The first-order valence-corrected chi connectivity index (χ1v) is 11.0. The van der Waals surface area contributed by atoms with Crippen molar-refractivity contribution in [3.8, 4) is 5.88 Å². The molecule has 0 aliphatic carbocycles. The number of nitrogens with zero attached hydrogens (tertiary/aromatic N) is 4. The molecule has 8 heteroatoms. The van der Waals surface area contributed by atoms with Crippen LogP contribution in [0.3, 0.4) is 0 Å². The summed E-state index contributed by atoms with van der Waals surface area (Å²) in [7, 11) is 0. The summed E-state index contributed by atoms with van der Waals surface area (Å²) in [5.41, 5.74) is 2.33. The van der Waals surface area contributed by atoms with E-state index in [-0.39, 0.29) is 17.7 Å². The monoisotopic (exact) mass is 426 g/mol. The van der Waals surface area contributed by atoms with Crippen LogP contribution in [-0.2, 0) is 4.79 Å². The van der Waals surface area contributed by atoms with Gasteiger partial charge in [-0.2, -0.15) is 0 Å². The number of aromatic nitrogens is 2. The molecule has 2 fully saturated rings. The normalized spacial score (nSPS) is 19.8. The van der Waals surface area contributed by atoms with Gasteiger partial charge in [-0.25, -0.2) is 4.98 Å². The molecule has 4 rings (SSSR count). The van der Waals surface area contributed by atoms with E-state index in [1.807, 2.05) is 28.9 Å². The minimum atomic E-state index is -0.00563. The fourth-order valence-electron chi connectivity index (χ4n) is 4.51. The number of carbonyl (C=O) groups is 2. The maximum Gasteiger partial charge on any atom is 0.259 e. The van der Waals surface area contributed by atoms with Crippen LogP contribution < -0.4 is 4.74 Å². The van der Waals surface area contributed by atoms with E-state index in [1.54, 1.807) is 20.0 Å². The number of pyridine rings is 1. The first-order chi connectivity index (χ1) is 14.9. The van der Waals surface area contributed by atoms with Gasteiger partial charge in [0, 0.05) is 50.8 Å². The van der Waals surface area contributed by atoms with Gasteiger partial charge in [0.1, 0.15) is 11.3 Å².